The van der Waals surface area contributed by atoms with Crippen molar-refractivity contribution in [1.29, 1.82) is 0 Å². The SMILES string of the molecule is CC(=O)NCc1ccc(C(=O)OCC(=O)Nc2c(C)cccc2C)cc1. The van der Waals surface area contributed by atoms with Gasteiger partial charge in [-0.05, 0) is 42.7 Å². The predicted molar refractivity (Wildman–Crippen MR) is 98.8 cm³/mol. The van der Waals surface area contributed by atoms with Gasteiger partial charge in [-0.2, -0.15) is 0 Å². The lowest BCUT2D eigenvalue weighted by Gasteiger charge is -2.11. The van der Waals surface area contributed by atoms with E-state index in [0.29, 0.717) is 12.1 Å². The van der Waals surface area contributed by atoms with Crippen molar-refractivity contribution in [3.05, 3.63) is 64.7 Å². The van der Waals surface area contributed by atoms with Crippen LogP contribution in [0.4, 0.5) is 5.69 Å². The maximum Gasteiger partial charge on any atom is 0.338 e. The first kappa shape index (κ1) is 19.2. The number of hydrogen-bond acceptors (Lipinski definition) is 4. The van der Waals surface area contributed by atoms with Gasteiger partial charge >= 0.3 is 5.97 Å². The molecule has 2 rings (SSSR count). The summed E-state index contributed by atoms with van der Waals surface area (Å²) in [6.07, 6.45) is 0. The van der Waals surface area contributed by atoms with Crippen LogP contribution >= 0.6 is 0 Å². The fraction of sp³-hybridized carbons (Fsp3) is 0.250. The molecule has 0 atom stereocenters. The molecular formula is C20H22N2O4. The molecule has 2 amide bonds. The minimum Gasteiger partial charge on any atom is -0.452 e. The van der Waals surface area contributed by atoms with Crippen LogP contribution in [0, 0.1) is 13.8 Å². The molecule has 0 aliphatic rings. The van der Waals surface area contributed by atoms with Gasteiger partial charge in [0.1, 0.15) is 0 Å². The van der Waals surface area contributed by atoms with E-state index in [2.05, 4.69) is 10.6 Å². The van der Waals surface area contributed by atoms with Crippen molar-refractivity contribution in [2.45, 2.75) is 27.3 Å². The van der Waals surface area contributed by atoms with Crippen molar-refractivity contribution >= 4 is 23.5 Å². The zero-order valence-electron chi connectivity index (χ0n) is 15.1. The van der Waals surface area contributed by atoms with Crippen molar-refractivity contribution < 1.29 is 19.1 Å². The highest BCUT2D eigenvalue weighted by Crippen LogP contribution is 2.19. The molecule has 0 heterocycles. The van der Waals surface area contributed by atoms with Gasteiger partial charge < -0.3 is 15.4 Å². The second-order valence-corrected chi connectivity index (χ2v) is 6.00. The molecule has 0 saturated heterocycles. The Bertz CT molecular complexity index is 793. The normalized spacial score (nSPS) is 10.1. The summed E-state index contributed by atoms with van der Waals surface area (Å²) in [5.74, 6) is -1.09. The summed E-state index contributed by atoms with van der Waals surface area (Å²) in [6, 6.07) is 12.4. The van der Waals surface area contributed by atoms with Crippen LogP contribution in [0.25, 0.3) is 0 Å². The molecule has 0 aromatic heterocycles. The highest BCUT2D eigenvalue weighted by Gasteiger charge is 2.12. The van der Waals surface area contributed by atoms with Gasteiger partial charge in [0.05, 0.1) is 5.56 Å². The van der Waals surface area contributed by atoms with E-state index in [0.717, 1.165) is 22.4 Å². The molecule has 0 aliphatic heterocycles. The second-order valence-electron chi connectivity index (χ2n) is 6.00. The van der Waals surface area contributed by atoms with Crippen LogP contribution < -0.4 is 10.6 Å². The molecule has 0 saturated carbocycles. The number of amides is 2. The number of carbonyl (C=O) groups is 3. The molecule has 0 aliphatic carbocycles. The van der Waals surface area contributed by atoms with Gasteiger partial charge in [0.2, 0.25) is 5.91 Å². The number of nitrogens with one attached hydrogen (secondary N) is 2. The third-order valence-electron chi connectivity index (χ3n) is 3.81. The predicted octanol–water partition coefficient (Wildman–Crippen LogP) is 2.74. The van der Waals surface area contributed by atoms with Crippen LogP contribution in [0.15, 0.2) is 42.5 Å². The Morgan fingerprint density at radius 2 is 1.58 bits per heavy atom. The largest absolute Gasteiger partial charge is 0.452 e. The van der Waals surface area contributed by atoms with Gasteiger partial charge in [0.15, 0.2) is 6.61 Å². The average Bonchev–Trinajstić information content (AvgIpc) is 2.61. The van der Waals surface area contributed by atoms with Crippen LogP contribution in [0.2, 0.25) is 0 Å². The molecule has 0 bridgehead atoms. The van der Waals surface area contributed by atoms with Crippen LogP contribution in [-0.2, 0) is 20.9 Å². The lowest BCUT2D eigenvalue weighted by molar-refractivity contribution is -0.119. The Morgan fingerprint density at radius 3 is 2.15 bits per heavy atom. The van der Waals surface area contributed by atoms with Crippen molar-refractivity contribution in [1.82, 2.24) is 5.32 Å². The number of aryl methyl sites for hydroxylation is 2. The number of benzene rings is 2. The lowest BCUT2D eigenvalue weighted by atomic mass is 10.1. The van der Waals surface area contributed by atoms with Gasteiger partial charge in [-0.3, -0.25) is 9.59 Å². The fourth-order valence-corrected chi connectivity index (χ4v) is 2.39. The summed E-state index contributed by atoms with van der Waals surface area (Å²) in [5.41, 5.74) is 3.83. The molecule has 0 unspecified atom stereocenters. The maximum absolute atomic E-state index is 12.0. The molecule has 0 spiro atoms. The van der Waals surface area contributed by atoms with Gasteiger partial charge in [-0.25, -0.2) is 4.79 Å². The van der Waals surface area contributed by atoms with E-state index in [1.807, 2.05) is 32.0 Å². The molecular weight excluding hydrogens is 332 g/mol. The van der Waals surface area contributed by atoms with E-state index >= 15 is 0 Å². The first-order chi connectivity index (χ1) is 12.4. The summed E-state index contributed by atoms with van der Waals surface area (Å²) < 4.78 is 5.06. The number of rotatable bonds is 6. The van der Waals surface area contributed by atoms with Crippen LogP contribution in [0.1, 0.15) is 34.0 Å². The van der Waals surface area contributed by atoms with Crippen molar-refractivity contribution in [2.75, 3.05) is 11.9 Å². The monoisotopic (exact) mass is 354 g/mol. The highest BCUT2D eigenvalue weighted by molar-refractivity contribution is 5.96. The number of carbonyl (C=O) groups excluding carboxylic acids is 3. The third kappa shape index (κ3) is 5.44. The average molecular weight is 354 g/mol. The van der Waals surface area contributed by atoms with Gasteiger partial charge in [0, 0.05) is 19.2 Å². The summed E-state index contributed by atoms with van der Waals surface area (Å²) >= 11 is 0. The highest BCUT2D eigenvalue weighted by atomic mass is 16.5. The molecule has 136 valence electrons. The standard InChI is InChI=1S/C20H22N2O4/c1-13-5-4-6-14(2)19(13)22-18(24)12-26-20(25)17-9-7-16(8-10-17)11-21-15(3)23/h4-10H,11-12H2,1-3H3,(H,21,23)(H,22,24). The van der Waals surface area contributed by atoms with Crippen molar-refractivity contribution in [2.24, 2.45) is 0 Å². The third-order valence-corrected chi connectivity index (χ3v) is 3.81. The van der Waals surface area contributed by atoms with E-state index in [9.17, 15) is 14.4 Å². The Balaban J connectivity index is 1.87. The lowest BCUT2D eigenvalue weighted by Crippen LogP contribution is -2.22. The molecule has 0 radical (unpaired) electrons. The van der Waals surface area contributed by atoms with E-state index in [-0.39, 0.29) is 12.5 Å². The Kier molecular flexibility index (Phi) is 6.49. The molecule has 6 nitrogen and oxygen atoms in total. The van der Waals surface area contributed by atoms with Gasteiger partial charge in [-0.15, -0.1) is 0 Å². The Labute approximate surface area is 152 Å². The van der Waals surface area contributed by atoms with E-state index in [1.165, 1.54) is 6.92 Å². The van der Waals surface area contributed by atoms with E-state index < -0.39 is 11.9 Å². The quantitative estimate of drug-likeness (QED) is 0.781. The van der Waals surface area contributed by atoms with Crippen LogP contribution in [0.5, 0.6) is 0 Å². The van der Waals surface area contributed by atoms with Crippen molar-refractivity contribution in [3.63, 3.8) is 0 Å². The first-order valence-corrected chi connectivity index (χ1v) is 8.23. The van der Waals surface area contributed by atoms with E-state index in [4.69, 9.17) is 4.74 Å². The van der Waals surface area contributed by atoms with Crippen LogP contribution in [0.3, 0.4) is 0 Å². The molecule has 2 aromatic rings. The van der Waals surface area contributed by atoms with Crippen LogP contribution in [-0.4, -0.2) is 24.4 Å². The molecule has 0 fully saturated rings. The topological polar surface area (TPSA) is 84.5 Å². The molecule has 2 N–H and O–H groups in total. The number of ether oxygens (including phenoxy) is 1. The smallest absolute Gasteiger partial charge is 0.338 e. The molecule has 26 heavy (non-hydrogen) atoms. The maximum atomic E-state index is 12.0. The molecule has 2 aromatic carbocycles. The van der Waals surface area contributed by atoms with Gasteiger partial charge in [0.25, 0.3) is 5.91 Å². The minimum absolute atomic E-state index is 0.122. The summed E-state index contributed by atoms with van der Waals surface area (Å²) in [5, 5.41) is 5.44. The van der Waals surface area contributed by atoms with Gasteiger partial charge in [-0.1, -0.05) is 30.3 Å². The number of anilines is 1. The number of hydrogen-bond donors (Lipinski definition) is 2. The number of esters is 1. The molecule has 6 heteroatoms. The zero-order chi connectivity index (χ0) is 19.1. The van der Waals surface area contributed by atoms with Crippen molar-refractivity contribution in [3.8, 4) is 0 Å². The Hall–Kier alpha value is -3.15. The zero-order valence-corrected chi connectivity index (χ0v) is 15.1. The first-order valence-electron chi connectivity index (χ1n) is 8.23. The number of para-hydroxylation sites is 1. The summed E-state index contributed by atoms with van der Waals surface area (Å²) in [7, 11) is 0. The second kappa shape index (κ2) is 8.80. The van der Waals surface area contributed by atoms with E-state index in [1.54, 1.807) is 24.3 Å². The fourth-order valence-electron chi connectivity index (χ4n) is 2.39. The summed E-state index contributed by atoms with van der Waals surface area (Å²) in [4.78, 5) is 35.0. The summed E-state index contributed by atoms with van der Waals surface area (Å²) in [6.45, 7) is 5.27. The Morgan fingerprint density at radius 1 is 0.962 bits per heavy atom. The minimum atomic E-state index is -0.576.